The van der Waals surface area contributed by atoms with E-state index < -0.39 is 0 Å². The number of amides is 1. The standard InChI is InChI=1S/C18H26N4O.2ClH/c1-12-4-3-5-15-18(12)21-16(20-15)6-7-17(23)22-10-8-14(9-11-22)13(2)19;;/h3-5,13-14H,6-11,19H2,1-2H3,(H,20,21);2*1H. The lowest BCUT2D eigenvalue weighted by Gasteiger charge is -2.33. The minimum Gasteiger partial charge on any atom is -0.343 e. The number of nitrogens with one attached hydrogen (secondary N) is 1. The summed E-state index contributed by atoms with van der Waals surface area (Å²) in [5, 5.41) is 0. The number of hydrogen-bond donors (Lipinski definition) is 2. The molecule has 0 radical (unpaired) electrons. The van der Waals surface area contributed by atoms with Crippen LogP contribution in [-0.2, 0) is 11.2 Å². The zero-order valence-corrected chi connectivity index (χ0v) is 16.5. The zero-order chi connectivity index (χ0) is 16.4. The van der Waals surface area contributed by atoms with Crippen LogP contribution in [0.15, 0.2) is 18.2 Å². The van der Waals surface area contributed by atoms with E-state index >= 15 is 0 Å². The Labute approximate surface area is 161 Å². The number of carbonyl (C=O) groups is 1. The topological polar surface area (TPSA) is 75.0 Å². The van der Waals surface area contributed by atoms with Gasteiger partial charge in [0.1, 0.15) is 5.82 Å². The van der Waals surface area contributed by atoms with Crippen molar-refractivity contribution in [1.29, 1.82) is 0 Å². The molecule has 5 nitrogen and oxygen atoms in total. The highest BCUT2D eigenvalue weighted by Crippen LogP contribution is 2.21. The minimum atomic E-state index is 0. The van der Waals surface area contributed by atoms with Crippen molar-refractivity contribution in [2.45, 2.75) is 45.6 Å². The minimum absolute atomic E-state index is 0. The van der Waals surface area contributed by atoms with E-state index in [1.54, 1.807) is 0 Å². The smallest absolute Gasteiger partial charge is 0.223 e. The molecule has 1 aliphatic rings. The molecule has 0 bridgehead atoms. The number of aromatic amines is 1. The normalized spacial score (nSPS) is 16.2. The van der Waals surface area contributed by atoms with Crippen molar-refractivity contribution in [2.75, 3.05) is 13.1 Å². The molecule has 3 N–H and O–H groups in total. The third kappa shape index (κ3) is 5.09. The van der Waals surface area contributed by atoms with Gasteiger partial charge in [0.05, 0.1) is 11.0 Å². The lowest BCUT2D eigenvalue weighted by Crippen LogP contribution is -2.42. The van der Waals surface area contributed by atoms with Crippen LogP contribution >= 0.6 is 24.8 Å². The van der Waals surface area contributed by atoms with Gasteiger partial charge in [0.2, 0.25) is 5.91 Å². The van der Waals surface area contributed by atoms with Gasteiger partial charge in [0.15, 0.2) is 0 Å². The largest absolute Gasteiger partial charge is 0.343 e. The van der Waals surface area contributed by atoms with Crippen molar-refractivity contribution in [1.82, 2.24) is 14.9 Å². The van der Waals surface area contributed by atoms with Gasteiger partial charge in [0.25, 0.3) is 0 Å². The van der Waals surface area contributed by atoms with Crippen LogP contribution in [0.25, 0.3) is 11.0 Å². The molecule has 1 saturated heterocycles. The third-order valence-corrected chi connectivity index (χ3v) is 4.98. The summed E-state index contributed by atoms with van der Waals surface area (Å²) in [6, 6.07) is 6.33. The highest BCUT2D eigenvalue weighted by Gasteiger charge is 2.24. The number of aryl methyl sites for hydroxylation is 2. The fourth-order valence-electron chi connectivity index (χ4n) is 3.40. The third-order valence-electron chi connectivity index (χ3n) is 4.98. The van der Waals surface area contributed by atoms with E-state index in [0.717, 1.165) is 48.4 Å². The zero-order valence-electron chi connectivity index (χ0n) is 14.8. The van der Waals surface area contributed by atoms with Gasteiger partial charge in [0, 0.05) is 32.0 Å². The molecule has 7 heteroatoms. The summed E-state index contributed by atoms with van der Waals surface area (Å²) in [7, 11) is 0. The number of H-pyrrole nitrogens is 1. The van der Waals surface area contributed by atoms with Crippen LogP contribution < -0.4 is 5.73 Å². The molecule has 1 amide bonds. The van der Waals surface area contributed by atoms with Crippen molar-refractivity contribution < 1.29 is 4.79 Å². The predicted octanol–water partition coefficient (Wildman–Crippen LogP) is 3.23. The summed E-state index contributed by atoms with van der Waals surface area (Å²) in [5.74, 6) is 1.68. The van der Waals surface area contributed by atoms with E-state index in [9.17, 15) is 4.79 Å². The first-order valence-corrected chi connectivity index (χ1v) is 8.52. The molecular weight excluding hydrogens is 359 g/mol. The van der Waals surface area contributed by atoms with E-state index in [1.165, 1.54) is 0 Å². The number of fused-ring (bicyclic) bond motifs is 1. The van der Waals surface area contributed by atoms with Crippen molar-refractivity contribution in [3.05, 3.63) is 29.6 Å². The molecule has 2 heterocycles. The van der Waals surface area contributed by atoms with Crippen LogP contribution in [0.2, 0.25) is 0 Å². The van der Waals surface area contributed by atoms with Crippen LogP contribution in [0, 0.1) is 12.8 Å². The number of halogens is 2. The summed E-state index contributed by atoms with van der Waals surface area (Å²) in [6.45, 7) is 5.79. The Hall–Kier alpha value is -1.30. The molecular formula is C18H28Cl2N4O. The summed E-state index contributed by atoms with van der Waals surface area (Å²) < 4.78 is 0. The van der Waals surface area contributed by atoms with Gasteiger partial charge in [-0.25, -0.2) is 4.98 Å². The number of hydrogen-bond acceptors (Lipinski definition) is 3. The van der Waals surface area contributed by atoms with Gasteiger partial charge in [-0.2, -0.15) is 0 Å². The van der Waals surface area contributed by atoms with E-state index in [-0.39, 0.29) is 36.8 Å². The average Bonchev–Trinajstić information content (AvgIpc) is 2.97. The van der Waals surface area contributed by atoms with Crippen LogP contribution in [0.3, 0.4) is 0 Å². The monoisotopic (exact) mass is 386 g/mol. The molecule has 1 atom stereocenters. The first kappa shape index (κ1) is 21.7. The van der Waals surface area contributed by atoms with Gasteiger partial charge in [-0.3, -0.25) is 4.79 Å². The van der Waals surface area contributed by atoms with E-state index in [1.807, 2.05) is 17.0 Å². The molecule has 1 aromatic heterocycles. The molecule has 2 aromatic rings. The fraction of sp³-hybridized carbons (Fsp3) is 0.556. The van der Waals surface area contributed by atoms with Crippen molar-refractivity contribution in [2.24, 2.45) is 11.7 Å². The molecule has 1 fully saturated rings. The maximum absolute atomic E-state index is 12.4. The lowest BCUT2D eigenvalue weighted by molar-refractivity contribution is -0.132. The second kappa shape index (κ2) is 9.41. The Morgan fingerprint density at radius 2 is 2.04 bits per heavy atom. The van der Waals surface area contributed by atoms with Crippen LogP contribution in [-0.4, -0.2) is 39.9 Å². The number of likely N-dealkylation sites (tertiary alicyclic amines) is 1. The molecule has 0 aliphatic carbocycles. The second-order valence-corrected chi connectivity index (χ2v) is 6.73. The average molecular weight is 387 g/mol. The van der Waals surface area contributed by atoms with Gasteiger partial charge in [-0.15, -0.1) is 24.8 Å². The number of benzene rings is 1. The number of para-hydroxylation sites is 1. The van der Waals surface area contributed by atoms with E-state index in [2.05, 4.69) is 29.9 Å². The molecule has 0 saturated carbocycles. The molecule has 1 aliphatic heterocycles. The maximum atomic E-state index is 12.4. The summed E-state index contributed by atoms with van der Waals surface area (Å²) >= 11 is 0. The number of nitrogens with two attached hydrogens (primary N) is 1. The SMILES string of the molecule is Cc1cccc2[nH]c(CCC(=O)N3CCC(C(C)N)CC3)nc12.Cl.Cl. The first-order valence-electron chi connectivity index (χ1n) is 8.52. The number of carbonyl (C=O) groups excluding carboxylic acids is 1. The molecule has 1 unspecified atom stereocenters. The number of rotatable bonds is 4. The van der Waals surface area contributed by atoms with Gasteiger partial charge >= 0.3 is 0 Å². The summed E-state index contributed by atoms with van der Waals surface area (Å²) in [5.41, 5.74) is 9.17. The molecule has 140 valence electrons. The quantitative estimate of drug-likeness (QED) is 0.846. The maximum Gasteiger partial charge on any atom is 0.223 e. The number of imidazole rings is 1. The van der Waals surface area contributed by atoms with E-state index in [4.69, 9.17) is 5.73 Å². The van der Waals surface area contributed by atoms with Gasteiger partial charge < -0.3 is 15.6 Å². The van der Waals surface area contributed by atoms with Gasteiger partial charge in [-0.1, -0.05) is 12.1 Å². The predicted molar refractivity (Wildman–Crippen MR) is 107 cm³/mol. The Bertz CT molecular complexity index is 693. The molecule has 25 heavy (non-hydrogen) atoms. The number of aromatic nitrogens is 2. The van der Waals surface area contributed by atoms with E-state index in [0.29, 0.717) is 18.8 Å². The lowest BCUT2D eigenvalue weighted by atomic mass is 9.91. The van der Waals surface area contributed by atoms with Crippen molar-refractivity contribution in [3.63, 3.8) is 0 Å². The van der Waals surface area contributed by atoms with Crippen molar-refractivity contribution in [3.8, 4) is 0 Å². The number of piperidine rings is 1. The number of nitrogens with zero attached hydrogens (tertiary/aromatic N) is 2. The Kier molecular flexibility index (Phi) is 8.19. The molecule has 0 spiro atoms. The van der Waals surface area contributed by atoms with Crippen molar-refractivity contribution >= 4 is 41.8 Å². The Morgan fingerprint density at radius 1 is 1.36 bits per heavy atom. The van der Waals surface area contributed by atoms with Crippen LogP contribution in [0.5, 0.6) is 0 Å². The second-order valence-electron chi connectivity index (χ2n) is 6.73. The molecule has 1 aromatic carbocycles. The summed E-state index contributed by atoms with van der Waals surface area (Å²) in [4.78, 5) is 22.3. The highest BCUT2D eigenvalue weighted by atomic mass is 35.5. The van der Waals surface area contributed by atoms with Gasteiger partial charge in [-0.05, 0) is 44.2 Å². The first-order chi connectivity index (χ1) is 11.0. The van der Waals surface area contributed by atoms with Crippen LogP contribution in [0.1, 0.15) is 37.6 Å². The highest BCUT2D eigenvalue weighted by molar-refractivity contribution is 5.85. The fourth-order valence-corrected chi connectivity index (χ4v) is 3.40. The molecule has 3 rings (SSSR count). The summed E-state index contributed by atoms with van der Waals surface area (Å²) in [6.07, 6.45) is 3.22. The Balaban J connectivity index is 0.00000156. The van der Waals surface area contributed by atoms with Crippen LogP contribution in [0.4, 0.5) is 0 Å². The Morgan fingerprint density at radius 3 is 2.64 bits per heavy atom.